The Hall–Kier alpha value is -0.800. The number of guanidine groups is 1. The standard InChI is InChI=1S/C18H33N5O.HI/c1-19-18(20-10-8-11-22(2)3)21-15-16(17-9-7-14-24-17)23-12-5-4-6-13-23;/h7,9,14,16H,4-6,8,10-13,15H2,1-3H3,(H2,19,20,21);1H. The number of piperidine rings is 1. The molecule has 1 atom stereocenters. The first-order valence-electron chi connectivity index (χ1n) is 9.07. The van der Waals surface area contributed by atoms with E-state index in [1.54, 1.807) is 6.26 Å². The molecule has 1 aliphatic heterocycles. The Morgan fingerprint density at radius 1 is 1.28 bits per heavy atom. The van der Waals surface area contributed by atoms with Gasteiger partial charge in [-0.3, -0.25) is 9.89 Å². The topological polar surface area (TPSA) is 56.0 Å². The van der Waals surface area contributed by atoms with Gasteiger partial charge in [0.2, 0.25) is 0 Å². The lowest BCUT2D eigenvalue weighted by atomic mass is 10.1. The van der Waals surface area contributed by atoms with Crippen LogP contribution in [0.4, 0.5) is 0 Å². The number of hydrogen-bond donors (Lipinski definition) is 2. The van der Waals surface area contributed by atoms with E-state index < -0.39 is 0 Å². The van der Waals surface area contributed by atoms with E-state index in [2.05, 4.69) is 45.6 Å². The van der Waals surface area contributed by atoms with Crippen molar-refractivity contribution in [1.82, 2.24) is 20.4 Å². The third-order valence-corrected chi connectivity index (χ3v) is 4.46. The second-order valence-corrected chi connectivity index (χ2v) is 6.66. The van der Waals surface area contributed by atoms with Crippen molar-refractivity contribution in [3.05, 3.63) is 24.2 Å². The van der Waals surface area contributed by atoms with Crippen LogP contribution in [0.15, 0.2) is 27.8 Å². The zero-order valence-electron chi connectivity index (χ0n) is 15.8. The van der Waals surface area contributed by atoms with Crippen LogP contribution >= 0.6 is 24.0 Å². The summed E-state index contributed by atoms with van der Waals surface area (Å²) in [7, 11) is 6.02. The summed E-state index contributed by atoms with van der Waals surface area (Å²) in [5.41, 5.74) is 0. The number of furan rings is 1. The van der Waals surface area contributed by atoms with Crippen molar-refractivity contribution >= 4 is 29.9 Å². The summed E-state index contributed by atoms with van der Waals surface area (Å²) in [4.78, 5) is 9.05. The second-order valence-electron chi connectivity index (χ2n) is 6.66. The van der Waals surface area contributed by atoms with Crippen molar-refractivity contribution in [2.75, 3.05) is 53.9 Å². The molecule has 0 bridgehead atoms. The Labute approximate surface area is 169 Å². The summed E-state index contributed by atoms with van der Waals surface area (Å²) in [6.45, 7) is 5.09. The highest BCUT2D eigenvalue weighted by Gasteiger charge is 2.24. The Kier molecular flexibility index (Phi) is 11.2. The lowest BCUT2D eigenvalue weighted by Gasteiger charge is -2.33. The van der Waals surface area contributed by atoms with Crippen LogP contribution in [0.3, 0.4) is 0 Å². The first kappa shape index (κ1) is 22.2. The maximum atomic E-state index is 5.69. The number of likely N-dealkylation sites (tertiary alicyclic amines) is 1. The van der Waals surface area contributed by atoms with E-state index in [1.807, 2.05) is 13.1 Å². The fraction of sp³-hybridized carbons (Fsp3) is 0.722. The number of aliphatic imine (C=N–C) groups is 1. The van der Waals surface area contributed by atoms with Gasteiger partial charge in [0.1, 0.15) is 5.76 Å². The zero-order chi connectivity index (χ0) is 17.2. The fourth-order valence-electron chi connectivity index (χ4n) is 3.14. The van der Waals surface area contributed by atoms with Crippen molar-refractivity contribution < 1.29 is 4.42 Å². The lowest BCUT2D eigenvalue weighted by Crippen LogP contribution is -2.44. The van der Waals surface area contributed by atoms with Gasteiger partial charge in [0, 0.05) is 20.1 Å². The molecule has 1 aliphatic rings. The summed E-state index contributed by atoms with van der Waals surface area (Å²) in [5, 5.41) is 6.86. The molecule has 1 unspecified atom stereocenters. The molecule has 0 radical (unpaired) electrons. The van der Waals surface area contributed by atoms with E-state index in [0.717, 1.165) is 50.9 Å². The van der Waals surface area contributed by atoms with Crippen molar-refractivity contribution in [3.8, 4) is 0 Å². The molecule has 25 heavy (non-hydrogen) atoms. The molecule has 7 heteroatoms. The van der Waals surface area contributed by atoms with Gasteiger partial charge in [-0.25, -0.2) is 0 Å². The molecule has 0 aliphatic carbocycles. The van der Waals surface area contributed by atoms with Gasteiger partial charge in [-0.1, -0.05) is 6.42 Å². The molecule has 1 saturated heterocycles. The molecule has 0 spiro atoms. The van der Waals surface area contributed by atoms with E-state index in [4.69, 9.17) is 4.42 Å². The number of nitrogens with zero attached hydrogens (tertiary/aromatic N) is 3. The summed E-state index contributed by atoms with van der Waals surface area (Å²) >= 11 is 0. The van der Waals surface area contributed by atoms with Gasteiger partial charge in [-0.2, -0.15) is 0 Å². The summed E-state index contributed by atoms with van der Waals surface area (Å²) in [6, 6.07) is 4.31. The summed E-state index contributed by atoms with van der Waals surface area (Å²) in [6.07, 6.45) is 6.75. The van der Waals surface area contributed by atoms with Gasteiger partial charge in [-0.05, 0) is 65.1 Å². The maximum Gasteiger partial charge on any atom is 0.191 e. The number of rotatable bonds is 8. The predicted octanol–water partition coefficient (Wildman–Crippen LogP) is 2.54. The summed E-state index contributed by atoms with van der Waals surface area (Å²) in [5.74, 6) is 1.90. The van der Waals surface area contributed by atoms with Gasteiger partial charge in [0.15, 0.2) is 5.96 Å². The first-order valence-corrected chi connectivity index (χ1v) is 9.07. The molecule has 2 rings (SSSR count). The van der Waals surface area contributed by atoms with E-state index >= 15 is 0 Å². The van der Waals surface area contributed by atoms with E-state index in [9.17, 15) is 0 Å². The van der Waals surface area contributed by atoms with Crippen molar-refractivity contribution in [3.63, 3.8) is 0 Å². The van der Waals surface area contributed by atoms with Crippen LogP contribution in [0.5, 0.6) is 0 Å². The van der Waals surface area contributed by atoms with Crippen molar-refractivity contribution in [2.45, 2.75) is 31.7 Å². The van der Waals surface area contributed by atoms with Gasteiger partial charge >= 0.3 is 0 Å². The highest BCUT2D eigenvalue weighted by molar-refractivity contribution is 14.0. The van der Waals surface area contributed by atoms with E-state index in [-0.39, 0.29) is 30.0 Å². The van der Waals surface area contributed by atoms with Crippen LogP contribution in [-0.4, -0.2) is 69.6 Å². The molecule has 144 valence electrons. The minimum Gasteiger partial charge on any atom is -0.468 e. The Bertz CT molecular complexity index is 472. The second kappa shape index (κ2) is 12.5. The third-order valence-electron chi connectivity index (χ3n) is 4.46. The molecule has 2 heterocycles. The van der Waals surface area contributed by atoms with Gasteiger partial charge in [0.05, 0.1) is 12.3 Å². The molecule has 0 saturated carbocycles. The van der Waals surface area contributed by atoms with Gasteiger partial charge in [-0.15, -0.1) is 24.0 Å². The summed E-state index contributed by atoms with van der Waals surface area (Å²) < 4.78 is 5.69. The SMILES string of the molecule is CN=C(NCCCN(C)C)NCC(c1ccco1)N1CCCCC1.I. The van der Waals surface area contributed by atoms with Crippen LogP contribution in [0.1, 0.15) is 37.5 Å². The van der Waals surface area contributed by atoms with Crippen molar-refractivity contribution in [1.29, 1.82) is 0 Å². The average Bonchev–Trinajstić information content (AvgIpc) is 3.12. The molecule has 6 nitrogen and oxygen atoms in total. The van der Waals surface area contributed by atoms with Crippen molar-refractivity contribution in [2.24, 2.45) is 4.99 Å². The van der Waals surface area contributed by atoms with Crippen LogP contribution < -0.4 is 10.6 Å². The molecular weight excluding hydrogens is 429 g/mol. The third kappa shape index (κ3) is 7.96. The van der Waals surface area contributed by atoms with Gasteiger partial charge < -0.3 is 20.0 Å². The average molecular weight is 463 g/mol. The number of nitrogens with one attached hydrogen (secondary N) is 2. The number of hydrogen-bond acceptors (Lipinski definition) is 4. The smallest absolute Gasteiger partial charge is 0.191 e. The van der Waals surface area contributed by atoms with Gasteiger partial charge in [0.25, 0.3) is 0 Å². The van der Waals surface area contributed by atoms with Crippen LogP contribution in [0.25, 0.3) is 0 Å². The fourth-order valence-corrected chi connectivity index (χ4v) is 3.14. The monoisotopic (exact) mass is 463 g/mol. The highest BCUT2D eigenvalue weighted by atomic mass is 127. The molecule has 1 aromatic heterocycles. The molecule has 0 amide bonds. The van der Waals surface area contributed by atoms with Crippen LogP contribution in [0.2, 0.25) is 0 Å². The normalized spacial score (nSPS) is 17.2. The van der Waals surface area contributed by atoms with E-state index in [0.29, 0.717) is 0 Å². The molecule has 1 fully saturated rings. The number of halogens is 1. The highest BCUT2D eigenvalue weighted by Crippen LogP contribution is 2.24. The first-order chi connectivity index (χ1) is 11.7. The minimum atomic E-state index is 0. The molecule has 2 N–H and O–H groups in total. The van der Waals surface area contributed by atoms with Crippen LogP contribution in [-0.2, 0) is 0 Å². The Balaban J connectivity index is 0.00000312. The Morgan fingerprint density at radius 3 is 2.64 bits per heavy atom. The quantitative estimate of drug-likeness (QED) is 0.269. The maximum absolute atomic E-state index is 5.69. The zero-order valence-corrected chi connectivity index (χ0v) is 18.2. The Morgan fingerprint density at radius 2 is 2.04 bits per heavy atom. The van der Waals surface area contributed by atoms with E-state index in [1.165, 1.54) is 19.3 Å². The molecular formula is C18H34IN5O. The predicted molar refractivity (Wildman–Crippen MR) is 115 cm³/mol. The molecule has 0 aromatic carbocycles. The lowest BCUT2D eigenvalue weighted by molar-refractivity contribution is 0.146. The largest absolute Gasteiger partial charge is 0.468 e. The minimum absolute atomic E-state index is 0. The van der Waals surface area contributed by atoms with Crippen LogP contribution in [0, 0.1) is 0 Å². The molecule has 1 aromatic rings.